The summed E-state index contributed by atoms with van der Waals surface area (Å²) in [5.41, 5.74) is 0.767. The average Bonchev–Trinajstić information content (AvgIpc) is 2.76. The number of rotatable bonds is 5. The molecule has 0 fully saturated rings. The van der Waals surface area contributed by atoms with E-state index in [-0.39, 0.29) is 23.8 Å². The Balaban J connectivity index is 2.03. The monoisotopic (exact) mass is 424 g/mol. The molecule has 1 heterocycles. The van der Waals surface area contributed by atoms with Gasteiger partial charge < -0.3 is 4.74 Å². The van der Waals surface area contributed by atoms with Crippen LogP contribution in [0.5, 0.6) is 0 Å². The van der Waals surface area contributed by atoms with Gasteiger partial charge >= 0.3 is 11.9 Å². The molecule has 0 spiro atoms. The summed E-state index contributed by atoms with van der Waals surface area (Å²) in [7, 11) is 0. The minimum atomic E-state index is -1.32. The van der Waals surface area contributed by atoms with Gasteiger partial charge in [-0.05, 0) is 44.2 Å². The van der Waals surface area contributed by atoms with Crippen LogP contribution in [0.2, 0.25) is 0 Å². The lowest BCUT2D eigenvalue weighted by molar-refractivity contribution is -0.152. The maximum absolute atomic E-state index is 14.4. The number of nitrogens with zero attached hydrogens (tertiary/aromatic N) is 2. The molecule has 2 aromatic carbocycles. The average molecular weight is 424 g/mol. The van der Waals surface area contributed by atoms with Gasteiger partial charge in [0.05, 0.1) is 6.61 Å². The van der Waals surface area contributed by atoms with Crippen molar-refractivity contribution in [3.63, 3.8) is 0 Å². The first kappa shape index (κ1) is 21.8. The highest BCUT2D eigenvalue weighted by molar-refractivity contribution is 6.39. The SMILES string of the molecule is CCOC(=O)C(=O)N(c1ccc(C(=O)c2cccc(C)c2)cn1)c1c(F)cccc1F. The molecule has 0 saturated carbocycles. The molecule has 6 nitrogen and oxygen atoms in total. The Morgan fingerprint density at radius 2 is 1.65 bits per heavy atom. The number of ether oxygens (including phenoxy) is 1. The number of aryl methyl sites for hydroxylation is 1. The third-order valence-electron chi connectivity index (χ3n) is 4.33. The minimum Gasteiger partial charge on any atom is -0.459 e. The molecule has 0 aliphatic carbocycles. The zero-order valence-corrected chi connectivity index (χ0v) is 16.8. The number of amides is 1. The first-order chi connectivity index (χ1) is 14.8. The van der Waals surface area contributed by atoms with Crippen molar-refractivity contribution < 1.29 is 27.9 Å². The number of ketones is 1. The van der Waals surface area contributed by atoms with Crippen molar-refractivity contribution in [2.75, 3.05) is 11.5 Å². The van der Waals surface area contributed by atoms with Crippen LogP contribution in [0, 0.1) is 18.6 Å². The largest absolute Gasteiger partial charge is 0.459 e. The predicted octanol–water partition coefficient (Wildman–Crippen LogP) is 4.13. The number of halogens is 2. The third-order valence-corrected chi connectivity index (χ3v) is 4.33. The van der Waals surface area contributed by atoms with Crippen LogP contribution in [0.3, 0.4) is 0 Å². The number of carbonyl (C=O) groups excluding carboxylic acids is 3. The van der Waals surface area contributed by atoms with Crippen molar-refractivity contribution >= 4 is 29.2 Å². The number of pyridine rings is 1. The maximum atomic E-state index is 14.4. The summed E-state index contributed by atoms with van der Waals surface area (Å²) in [5, 5.41) is 0. The summed E-state index contributed by atoms with van der Waals surface area (Å²) in [6.45, 7) is 3.23. The van der Waals surface area contributed by atoms with E-state index in [2.05, 4.69) is 9.72 Å². The van der Waals surface area contributed by atoms with Crippen molar-refractivity contribution in [2.24, 2.45) is 0 Å². The molecule has 3 aromatic rings. The predicted molar refractivity (Wildman–Crippen MR) is 109 cm³/mol. The summed E-state index contributed by atoms with van der Waals surface area (Å²) >= 11 is 0. The number of aromatic nitrogens is 1. The molecular weight excluding hydrogens is 406 g/mol. The molecule has 0 bridgehead atoms. The van der Waals surface area contributed by atoms with Crippen LogP contribution in [0.1, 0.15) is 28.4 Å². The van der Waals surface area contributed by atoms with Crippen LogP contribution in [0.4, 0.5) is 20.3 Å². The maximum Gasteiger partial charge on any atom is 0.397 e. The van der Waals surface area contributed by atoms with Crippen molar-refractivity contribution in [1.82, 2.24) is 4.98 Å². The Bertz CT molecular complexity index is 1130. The van der Waals surface area contributed by atoms with E-state index in [4.69, 9.17) is 0 Å². The van der Waals surface area contributed by atoms with E-state index in [1.807, 2.05) is 13.0 Å². The van der Waals surface area contributed by atoms with E-state index in [0.717, 1.165) is 23.8 Å². The van der Waals surface area contributed by atoms with Crippen LogP contribution in [-0.4, -0.2) is 29.3 Å². The van der Waals surface area contributed by atoms with Gasteiger partial charge in [-0.1, -0.05) is 29.8 Å². The van der Waals surface area contributed by atoms with Crippen molar-refractivity contribution in [1.29, 1.82) is 0 Å². The molecule has 3 rings (SSSR count). The Labute approximate surface area is 177 Å². The normalized spacial score (nSPS) is 10.5. The number of esters is 1. The number of hydrogen-bond acceptors (Lipinski definition) is 5. The second-order valence-electron chi connectivity index (χ2n) is 6.53. The van der Waals surface area contributed by atoms with Gasteiger partial charge in [0.25, 0.3) is 0 Å². The molecule has 1 amide bonds. The van der Waals surface area contributed by atoms with Gasteiger partial charge in [-0.15, -0.1) is 0 Å². The summed E-state index contributed by atoms with van der Waals surface area (Å²) in [4.78, 5) is 41.8. The highest BCUT2D eigenvalue weighted by Crippen LogP contribution is 2.30. The van der Waals surface area contributed by atoms with Gasteiger partial charge in [0, 0.05) is 17.3 Å². The van der Waals surface area contributed by atoms with Crippen LogP contribution in [0.15, 0.2) is 60.8 Å². The molecule has 8 heteroatoms. The van der Waals surface area contributed by atoms with Crippen LogP contribution in [0.25, 0.3) is 0 Å². The summed E-state index contributed by atoms with van der Waals surface area (Å²) < 4.78 is 33.5. The smallest absolute Gasteiger partial charge is 0.397 e. The Kier molecular flexibility index (Phi) is 6.49. The fraction of sp³-hybridized carbons (Fsp3) is 0.130. The second kappa shape index (κ2) is 9.25. The molecular formula is C23H18F2N2O4. The fourth-order valence-electron chi connectivity index (χ4n) is 2.91. The van der Waals surface area contributed by atoms with Crippen molar-refractivity contribution in [3.8, 4) is 0 Å². The first-order valence-electron chi connectivity index (χ1n) is 9.36. The van der Waals surface area contributed by atoms with Gasteiger partial charge in [0.2, 0.25) is 0 Å². The van der Waals surface area contributed by atoms with E-state index in [1.165, 1.54) is 25.3 Å². The van der Waals surface area contributed by atoms with E-state index < -0.39 is 29.2 Å². The van der Waals surface area contributed by atoms with E-state index in [1.54, 1.807) is 18.2 Å². The third kappa shape index (κ3) is 4.63. The molecule has 0 saturated heterocycles. The fourth-order valence-corrected chi connectivity index (χ4v) is 2.91. The first-order valence-corrected chi connectivity index (χ1v) is 9.36. The zero-order chi connectivity index (χ0) is 22.5. The molecule has 0 N–H and O–H groups in total. The number of anilines is 2. The highest BCUT2D eigenvalue weighted by atomic mass is 19.1. The molecule has 0 aliphatic rings. The number of para-hydroxylation sites is 1. The molecule has 1 aromatic heterocycles. The van der Waals surface area contributed by atoms with Crippen LogP contribution in [-0.2, 0) is 14.3 Å². The molecule has 0 atom stereocenters. The second-order valence-corrected chi connectivity index (χ2v) is 6.53. The van der Waals surface area contributed by atoms with Crippen molar-refractivity contribution in [2.45, 2.75) is 13.8 Å². The topological polar surface area (TPSA) is 76.6 Å². The lowest BCUT2D eigenvalue weighted by Crippen LogP contribution is -2.36. The van der Waals surface area contributed by atoms with Gasteiger partial charge in [-0.3, -0.25) is 9.59 Å². The summed E-state index contributed by atoms with van der Waals surface area (Å²) in [5.74, 6) is -5.33. The number of benzene rings is 2. The van der Waals surface area contributed by atoms with Gasteiger partial charge in [0.1, 0.15) is 23.1 Å². The van der Waals surface area contributed by atoms with Gasteiger partial charge in [0.15, 0.2) is 5.78 Å². The van der Waals surface area contributed by atoms with E-state index >= 15 is 0 Å². The van der Waals surface area contributed by atoms with Crippen LogP contribution < -0.4 is 4.90 Å². The number of carbonyl (C=O) groups is 3. The molecule has 158 valence electrons. The molecule has 0 unspecified atom stereocenters. The van der Waals surface area contributed by atoms with E-state index in [9.17, 15) is 23.2 Å². The number of hydrogen-bond donors (Lipinski definition) is 0. The Morgan fingerprint density at radius 1 is 0.968 bits per heavy atom. The quantitative estimate of drug-likeness (QED) is 0.350. The van der Waals surface area contributed by atoms with E-state index in [0.29, 0.717) is 10.5 Å². The Morgan fingerprint density at radius 3 is 2.23 bits per heavy atom. The molecule has 0 radical (unpaired) electrons. The molecule has 31 heavy (non-hydrogen) atoms. The van der Waals surface area contributed by atoms with Crippen LogP contribution >= 0.6 is 0 Å². The molecule has 0 aliphatic heterocycles. The lowest BCUT2D eigenvalue weighted by Gasteiger charge is -2.22. The minimum absolute atomic E-state index is 0.102. The summed E-state index contributed by atoms with van der Waals surface area (Å²) in [6.07, 6.45) is 1.17. The van der Waals surface area contributed by atoms with Crippen molar-refractivity contribution in [3.05, 3.63) is 89.1 Å². The van der Waals surface area contributed by atoms with Gasteiger partial charge in [-0.25, -0.2) is 23.5 Å². The standard InChI is InChI=1S/C23H18F2N2O4/c1-3-31-23(30)22(29)27(20-17(24)8-5-9-18(20)25)19-11-10-16(13-26-19)21(28)15-7-4-6-14(2)12-15/h4-13H,3H2,1-2H3. The van der Waals surface area contributed by atoms with Gasteiger partial charge in [-0.2, -0.15) is 0 Å². The summed E-state index contributed by atoms with van der Waals surface area (Å²) in [6, 6.07) is 12.5. The Hall–Kier alpha value is -3.94. The zero-order valence-electron chi connectivity index (χ0n) is 16.8. The highest BCUT2D eigenvalue weighted by Gasteiger charge is 2.31. The lowest BCUT2D eigenvalue weighted by atomic mass is 10.0.